The fourth-order valence-corrected chi connectivity index (χ4v) is 3.60. The average Bonchev–Trinajstić information content (AvgIpc) is 3.22. The molecule has 0 unspecified atom stereocenters. The summed E-state index contributed by atoms with van der Waals surface area (Å²) >= 11 is 0. The summed E-state index contributed by atoms with van der Waals surface area (Å²) in [6.45, 7) is 6.17. The van der Waals surface area contributed by atoms with E-state index in [4.69, 9.17) is 9.84 Å². The van der Waals surface area contributed by atoms with Crippen molar-refractivity contribution in [3.05, 3.63) is 53.0 Å². The van der Waals surface area contributed by atoms with E-state index in [0.717, 1.165) is 4.90 Å². The van der Waals surface area contributed by atoms with Crippen LogP contribution in [-0.2, 0) is 14.3 Å². The molecule has 0 saturated carbocycles. The first-order valence-electron chi connectivity index (χ1n) is 11.5. The van der Waals surface area contributed by atoms with Gasteiger partial charge >= 0.3 is 12.1 Å². The summed E-state index contributed by atoms with van der Waals surface area (Å²) in [4.78, 5) is 55.2. The number of carbonyl (C=O) groups excluding carboxylic acids is 4. The molecular weight excluding hydrogens is 484 g/mol. The number of carbonyl (C=O) groups is 4. The number of benzene rings is 1. The summed E-state index contributed by atoms with van der Waals surface area (Å²) in [6.07, 6.45) is 1.74. The molecule has 13 nitrogen and oxygen atoms in total. The minimum atomic E-state index is -0.984. The van der Waals surface area contributed by atoms with Gasteiger partial charge in [-0.25, -0.2) is 24.0 Å². The largest absolute Gasteiger partial charge is 0.426 e. The van der Waals surface area contributed by atoms with Crippen LogP contribution in [-0.4, -0.2) is 70.1 Å². The monoisotopic (exact) mass is 512 g/mol. The molecule has 2 heterocycles. The van der Waals surface area contributed by atoms with Crippen molar-refractivity contribution in [3.8, 4) is 0 Å². The van der Waals surface area contributed by atoms with Gasteiger partial charge in [-0.1, -0.05) is 6.07 Å². The van der Waals surface area contributed by atoms with Crippen molar-refractivity contribution in [1.82, 2.24) is 25.2 Å². The second-order valence-electron chi connectivity index (χ2n) is 7.80. The van der Waals surface area contributed by atoms with Crippen LogP contribution in [0.15, 0.2) is 30.7 Å². The van der Waals surface area contributed by atoms with Crippen LogP contribution in [0.5, 0.6) is 0 Å². The molecule has 3 rings (SSSR count). The maximum absolute atomic E-state index is 13.4. The van der Waals surface area contributed by atoms with Crippen molar-refractivity contribution in [2.45, 2.75) is 27.7 Å². The predicted octanol–water partition coefficient (Wildman–Crippen LogP) is 1.61. The number of nitrogens with one attached hydrogen (secondary N) is 2. The molecule has 1 aromatic carbocycles. The number of aromatic nitrogens is 3. The summed E-state index contributed by atoms with van der Waals surface area (Å²) in [5.74, 6) is -1.58. The summed E-state index contributed by atoms with van der Waals surface area (Å²) in [6, 6.07) is 4.78. The van der Waals surface area contributed by atoms with Gasteiger partial charge in [-0.3, -0.25) is 9.59 Å². The van der Waals surface area contributed by atoms with Crippen molar-refractivity contribution in [2.75, 3.05) is 31.4 Å². The Kier molecular flexibility index (Phi) is 8.74. The van der Waals surface area contributed by atoms with Gasteiger partial charge in [0.2, 0.25) is 6.79 Å². The standard InChI is InChI=1S/C24H28N6O7/c1-5-25-22(33)16-8-7-14(3)18(9-16)30(24(35)37-13-36-19(32)11-31)21-20-15(4)17(23(34)26-6-2)10-29(20)28-12-27-21/h7-10,12,31H,5-6,11,13H2,1-4H3,(H,25,33)(H,26,34). The van der Waals surface area contributed by atoms with E-state index in [-0.39, 0.29) is 28.9 Å². The summed E-state index contributed by atoms with van der Waals surface area (Å²) in [7, 11) is 0. The first kappa shape index (κ1) is 27.1. The minimum absolute atomic E-state index is 0.0673. The number of fused-ring (bicyclic) bond motifs is 1. The Morgan fingerprint density at radius 3 is 2.43 bits per heavy atom. The van der Waals surface area contributed by atoms with E-state index >= 15 is 0 Å². The van der Waals surface area contributed by atoms with Gasteiger partial charge in [-0.05, 0) is 51.0 Å². The van der Waals surface area contributed by atoms with Gasteiger partial charge < -0.3 is 25.2 Å². The average molecular weight is 513 g/mol. The highest BCUT2D eigenvalue weighted by Gasteiger charge is 2.29. The van der Waals surface area contributed by atoms with E-state index in [1.165, 1.54) is 23.1 Å². The quantitative estimate of drug-likeness (QED) is 0.285. The Morgan fingerprint density at radius 2 is 1.76 bits per heavy atom. The fourth-order valence-electron chi connectivity index (χ4n) is 3.60. The molecule has 2 aromatic heterocycles. The van der Waals surface area contributed by atoms with Crippen LogP contribution < -0.4 is 15.5 Å². The number of aliphatic hydroxyl groups is 1. The molecule has 0 aliphatic heterocycles. The Morgan fingerprint density at radius 1 is 1.05 bits per heavy atom. The van der Waals surface area contributed by atoms with Crippen LogP contribution in [0.1, 0.15) is 45.7 Å². The van der Waals surface area contributed by atoms with Crippen LogP contribution in [0.3, 0.4) is 0 Å². The lowest BCUT2D eigenvalue weighted by Gasteiger charge is -2.24. The van der Waals surface area contributed by atoms with Gasteiger partial charge in [0.05, 0.1) is 11.3 Å². The van der Waals surface area contributed by atoms with E-state index in [1.54, 1.807) is 39.8 Å². The van der Waals surface area contributed by atoms with Crippen LogP contribution in [0, 0.1) is 13.8 Å². The predicted molar refractivity (Wildman–Crippen MR) is 132 cm³/mol. The Hall–Kier alpha value is -4.52. The van der Waals surface area contributed by atoms with Gasteiger partial charge in [-0.2, -0.15) is 5.10 Å². The van der Waals surface area contributed by atoms with Gasteiger partial charge in [0.1, 0.15) is 18.5 Å². The SMILES string of the molecule is CCNC(=O)c1ccc(C)c(N(C(=O)OCOC(=O)CO)c2ncnn3cc(C(=O)NCC)c(C)c23)c1. The molecule has 0 aliphatic rings. The lowest BCUT2D eigenvalue weighted by Crippen LogP contribution is -2.31. The van der Waals surface area contributed by atoms with Crippen LogP contribution in [0.4, 0.5) is 16.3 Å². The number of amides is 3. The van der Waals surface area contributed by atoms with E-state index in [2.05, 4.69) is 25.5 Å². The first-order chi connectivity index (χ1) is 17.7. The molecule has 196 valence electrons. The highest BCUT2D eigenvalue weighted by molar-refractivity contribution is 6.04. The highest BCUT2D eigenvalue weighted by Crippen LogP contribution is 2.34. The molecule has 0 radical (unpaired) electrons. The number of esters is 1. The van der Waals surface area contributed by atoms with Crippen molar-refractivity contribution in [2.24, 2.45) is 0 Å². The zero-order valence-electron chi connectivity index (χ0n) is 20.9. The second-order valence-corrected chi connectivity index (χ2v) is 7.80. The zero-order chi connectivity index (χ0) is 27.1. The summed E-state index contributed by atoms with van der Waals surface area (Å²) < 4.78 is 11.2. The zero-order valence-corrected chi connectivity index (χ0v) is 20.9. The number of hydrogen-bond donors (Lipinski definition) is 3. The molecule has 3 aromatic rings. The molecule has 37 heavy (non-hydrogen) atoms. The highest BCUT2D eigenvalue weighted by atomic mass is 16.7. The normalized spacial score (nSPS) is 10.6. The maximum Gasteiger partial charge on any atom is 0.423 e. The van der Waals surface area contributed by atoms with Gasteiger partial charge in [0, 0.05) is 24.8 Å². The molecule has 0 aliphatic carbocycles. The van der Waals surface area contributed by atoms with E-state index in [0.29, 0.717) is 35.3 Å². The van der Waals surface area contributed by atoms with Crippen molar-refractivity contribution in [3.63, 3.8) is 0 Å². The number of aryl methyl sites for hydroxylation is 2. The van der Waals surface area contributed by atoms with Crippen LogP contribution in [0.25, 0.3) is 5.52 Å². The van der Waals surface area contributed by atoms with Crippen molar-refractivity contribution < 1.29 is 33.8 Å². The lowest BCUT2D eigenvalue weighted by molar-refractivity contribution is -0.154. The lowest BCUT2D eigenvalue weighted by atomic mass is 10.1. The molecule has 3 N–H and O–H groups in total. The minimum Gasteiger partial charge on any atom is -0.426 e. The molecule has 0 fully saturated rings. The third kappa shape index (κ3) is 5.83. The Labute approximate surface area is 212 Å². The Balaban J connectivity index is 2.18. The van der Waals surface area contributed by atoms with Crippen molar-refractivity contribution >= 4 is 40.9 Å². The Bertz CT molecular complexity index is 1340. The third-order valence-electron chi connectivity index (χ3n) is 5.36. The molecule has 3 amide bonds. The van der Waals surface area contributed by atoms with Gasteiger partial charge in [0.25, 0.3) is 11.8 Å². The summed E-state index contributed by atoms with van der Waals surface area (Å²) in [5, 5.41) is 18.5. The molecule has 0 bridgehead atoms. The van der Waals surface area contributed by atoms with E-state index < -0.39 is 25.5 Å². The number of hydrogen-bond acceptors (Lipinski definition) is 9. The second kappa shape index (κ2) is 11.9. The third-order valence-corrected chi connectivity index (χ3v) is 5.36. The van der Waals surface area contributed by atoms with Crippen LogP contribution >= 0.6 is 0 Å². The molecule has 0 saturated heterocycles. The van der Waals surface area contributed by atoms with Crippen molar-refractivity contribution in [1.29, 1.82) is 0 Å². The van der Waals surface area contributed by atoms with Gasteiger partial charge in [0.15, 0.2) is 5.82 Å². The topological polar surface area (TPSA) is 164 Å². The molecule has 13 heteroatoms. The molecular formula is C24H28N6O7. The van der Waals surface area contributed by atoms with Gasteiger partial charge in [-0.15, -0.1) is 0 Å². The van der Waals surface area contributed by atoms with E-state index in [9.17, 15) is 19.2 Å². The number of aliphatic hydroxyl groups excluding tert-OH is 1. The number of ether oxygens (including phenoxy) is 2. The van der Waals surface area contributed by atoms with E-state index in [1.807, 2.05) is 0 Å². The smallest absolute Gasteiger partial charge is 0.423 e. The number of rotatable bonds is 9. The number of nitrogens with zero attached hydrogens (tertiary/aromatic N) is 4. The number of anilines is 2. The molecule has 0 atom stereocenters. The fraction of sp³-hybridized carbons (Fsp3) is 0.333. The van der Waals surface area contributed by atoms with Crippen LogP contribution in [0.2, 0.25) is 0 Å². The molecule has 0 spiro atoms. The summed E-state index contributed by atoms with van der Waals surface area (Å²) in [5.41, 5.74) is 2.33. The first-order valence-corrected chi connectivity index (χ1v) is 11.5. The maximum atomic E-state index is 13.4.